The fraction of sp³-hybridized carbons (Fsp3) is 0.739. The maximum absolute atomic E-state index is 2.43. The Morgan fingerprint density at radius 2 is 1.30 bits per heavy atom. The van der Waals surface area contributed by atoms with E-state index < -0.39 is 0 Å². The van der Waals surface area contributed by atoms with Crippen molar-refractivity contribution in [2.75, 3.05) is 0 Å². The Balaban J connectivity index is -0.000000204. The molecular formula is C23H48. The molecule has 2 unspecified atom stereocenters. The fourth-order valence-corrected chi connectivity index (χ4v) is 3.47. The molecule has 0 fully saturated rings. The van der Waals surface area contributed by atoms with E-state index in [0.717, 1.165) is 5.92 Å². The van der Waals surface area contributed by atoms with Gasteiger partial charge in [-0.2, -0.15) is 0 Å². The molecule has 0 aliphatic heterocycles. The van der Waals surface area contributed by atoms with Crippen LogP contribution in [0, 0.1) is 13.8 Å². The summed E-state index contributed by atoms with van der Waals surface area (Å²) in [7, 11) is 0. The van der Waals surface area contributed by atoms with Crippen molar-refractivity contribution in [3.8, 4) is 0 Å². The molecule has 140 valence electrons. The Bertz CT molecular complexity index is 389. The second-order valence-corrected chi connectivity index (χ2v) is 5.51. The molecule has 0 bridgehead atoms. The quantitative estimate of drug-likeness (QED) is 0.484. The summed E-state index contributed by atoms with van der Waals surface area (Å²) in [6.07, 6.45) is 2.58. The molecule has 2 atom stereocenters. The third kappa shape index (κ3) is 6.69. The summed E-state index contributed by atoms with van der Waals surface area (Å²) in [5.41, 5.74) is 6.69. The van der Waals surface area contributed by atoms with Gasteiger partial charge in [0.1, 0.15) is 0 Å². The number of rotatable bonds is 1. The third-order valence-electron chi connectivity index (χ3n) is 4.31. The van der Waals surface area contributed by atoms with E-state index in [1.165, 1.54) is 24.0 Å². The van der Waals surface area contributed by atoms with Gasteiger partial charge in [0.15, 0.2) is 0 Å². The average Bonchev–Trinajstić information content (AvgIpc) is 2.82. The molecule has 0 nitrogen and oxygen atoms in total. The van der Waals surface area contributed by atoms with Crippen molar-refractivity contribution in [3.63, 3.8) is 0 Å². The van der Waals surface area contributed by atoms with Crippen molar-refractivity contribution < 1.29 is 0 Å². The highest BCUT2D eigenvalue weighted by Crippen LogP contribution is 2.50. The molecule has 23 heavy (non-hydrogen) atoms. The highest BCUT2D eigenvalue weighted by Gasteiger charge is 2.38. The van der Waals surface area contributed by atoms with Crippen LogP contribution < -0.4 is 0 Å². The minimum Gasteiger partial charge on any atom is -0.0776 e. The first-order valence-corrected chi connectivity index (χ1v) is 9.10. The zero-order valence-electron chi connectivity index (χ0n) is 16.6. The van der Waals surface area contributed by atoms with Gasteiger partial charge in [-0.25, -0.2) is 0 Å². The standard InChI is InChI=1S/C15H22.3C2H6.2CH4/c1-6-15(5)9-12(4)13-10(2)7-8-11(3)14(13)15;3*1-2;;/h7-8,12H,6,9H2,1-5H3;3*1-2H3;2*1H4. The van der Waals surface area contributed by atoms with Crippen molar-refractivity contribution in [2.24, 2.45) is 0 Å². The highest BCUT2D eigenvalue weighted by molar-refractivity contribution is 5.50. The lowest BCUT2D eigenvalue weighted by Crippen LogP contribution is -2.18. The molecule has 1 aromatic rings. The number of fused-ring (bicyclic) bond motifs is 1. The molecule has 0 spiro atoms. The first-order valence-electron chi connectivity index (χ1n) is 9.10. The van der Waals surface area contributed by atoms with Crippen LogP contribution in [0.25, 0.3) is 0 Å². The Labute approximate surface area is 150 Å². The van der Waals surface area contributed by atoms with E-state index >= 15 is 0 Å². The highest BCUT2D eigenvalue weighted by atomic mass is 14.4. The molecule has 0 heteroatoms. The second kappa shape index (κ2) is 14.8. The third-order valence-corrected chi connectivity index (χ3v) is 4.31. The maximum Gasteiger partial charge on any atom is -0.00666 e. The smallest absolute Gasteiger partial charge is 0.00666 e. The van der Waals surface area contributed by atoms with Crippen LogP contribution in [-0.4, -0.2) is 0 Å². The molecule has 0 N–H and O–H groups in total. The lowest BCUT2D eigenvalue weighted by Gasteiger charge is -2.25. The van der Waals surface area contributed by atoms with Gasteiger partial charge in [-0.1, -0.05) is 89.3 Å². The molecule has 0 heterocycles. The van der Waals surface area contributed by atoms with E-state index in [1.807, 2.05) is 41.5 Å². The van der Waals surface area contributed by atoms with Crippen molar-refractivity contribution in [3.05, 3.63) is 34.4 Å². The Hall–Kier alpha value is -0.780. The summed E-state index contributed by atoms with van der Waals surface area (Å²) in [6, 6.07) is 4.58. The van der Waals surface area contributed by atoms with Crippen molar-refractivity contribution in [1.29, 1.82) is 0 Å². The average molecular weight is 325 g/mol. The van der Waals surface area contributed by atoms with Gasteiger partial charge in [0, 0.05) is 0 Å². The van der Waals surface area contributed by atoms with E-state index in [0.29, 0.717) is 5.41 Å². The molecule has 0 saturated carbocycles. The van der Waals surface area contributed by atoms with Crippen LogP contribution in [0.5, 0.6) is 0 Å². The van der Waals surface area contributed by atoms with Crippen LogP contribution in [0.4, 0.5) is 0 Å². The molecule has 1 aliphatic rings. The topological polar surface area (TPSA) is 0 Å². The Morgan fingerprint density at radius 3 is 1.70 bits per heavy atom. The van der Waals surface area contributed by atoms with Crippen molar-refractivity contribution >= 4 is 0 Å². The minimum absolute atomic E-state index is 0. The molecule has 1 aromatic carbocycles. The van der Waals surface area contributed by atoms with E-state index in [9.17, 15) is 0 Å². The van der Waals surface area contributed by atoms with Gasteiger partial charge in [0.05, 0.1) is 0 Å². The molecule has 0 radical (unpaired) electrons. The van der Waals surface area contributed by atoms with Crippen LogP contribution in [0.15, 0.2) is 12.1 Å². The summed E-state index contributed by atoms with van der Waals surface area (Å²) in [6.45, 7) is 23.7. The summed E-state index contributed by atoms with van der Waals surface area (Å²) in [5.74, 6) is 0.741. The summed E-state index contributed by atoms with van der Waals surface area (Å²) >= 11 is 0. The van der Waals surface area contributed by atoms with Crippen molar-refractivity contribution in [2.45, 2.75) is 115 Å². The molecule has 2 rings (SSSR count). The second-order valence-electron chi connectivity index (χ2n) is 5.51. The van der Waals surface area contributed by atoms with Crippen LogP contribution in [0.1, 0.15) is 118 Å². The van der Waals surface area contributed by atoms with Crippen LogP contribution in [-0.2, 0) is 5.41 Å². The van der Waals surface area contributed by atoms with Crippen LogP contribution in [0.2, 0.25) is 0 Å². The van der Waals surface area contributed by atoms with Gasteiger partial charge >= 0.3 is 0 Å². The number of aryl methyl sites for hydroxylation is 2. The minimum atomic E-state index is 0. The predicted molar refractivity (Wildman–Crippen MR) is 114 cm³/mol. The van der Waals surface area contributed by atoms with E-state index in [1.54, 1.807) is 11.1 Å². The van der Waals surface area contributed by atoms with E-state index in [2.05, 4.69) is 46.8 Å². The Morgan fingerprint density at radius 1 is 0.913 bits per heavy atom. The van der Waals surface area contributed by atoms with Crippen LogP contribution in [0.3, 0.4) is 0 Å². The van der Waals surface area contributed by atoms with Gasteiger partial charge in [-0.15, -0.1) is 0 Å². The predicted octanol–water partition coefficient (Wildman–Crippen LogP) is 8.83. The number of benzene rings is 1. The first-order chi connectivity index (χ1) is 9.99. The van der Waals surface area contributed by atoms with Crippen LogP contribution >= 0.6 is 0 Å². The van der Waals surface area contributed by atoms with Gasteiger partial charge in [0.2, 0.25) is 0 Å². The number of hydrogen-bond donors (Lipinski definition) is 0. The zero-order valence-corrected chi connectivity index (χ0v) is 16.6. The molecule has 0 saturated heterocycles. The van der Waals surface area contributed by atoms with Gasteiger partial charge in [-0.3, -0.25) is 0 Å². The largest absolute Gasteiger partial charge is 0.0776 e. The number of hydrogen-bond acceptors (Lipinski definition) is 0. The Kier molecular flexibility index (Phi) is 19.4. The van der Waals surface area contributed by atoms with E-state index in [4.69, 9.17) is 0 Å². The van der Waals surface area contributed by atoms with Gasteiger partial charge in [-0.05, 0) is 60.3 Å². The molecule has 0 aromatic heterocycles. The van der Waals surface area contributed by atoms with Gasteiger partial charge in [0.25, 0.3) is 0 Å². The lowest BCUT2D eigenvalue weighted by molar-refractivity contribution is 0.428. The normalized spacial score (nSPS) is 19.9. The lowest BCUT2D eigenvalue weighted by atomic mass is 9.79. The zero-order chi connectivity index (χ0) is 17.2. The maximum atomic E-state index is 2.43. The fourth-order valence-electron chi connectivity index (χ4n) is 3.47. The molecular weight excluding hydrogens is 276 g/mol. The first kappa shape index (κ1) is 30.1. The SMILES string of the molecule is C.C.CC.CC.CC.CCC1(C)CC(C)c2c(C)ccc(C)c21. The summed E-state index contributed by atoms with van der Waals surface area (Å²) in [4.78, 5) is 0. The molecule has 1 aliphatic carbocycles. The summed E-state index contributed by atoms with van der Waals surface area (Å²) < 4.78 is 0. The van der Waals surface area contributed by atoms with Gasteiger partial charge < -0.3 is 0 Å². The van der Waals surface area contributed by atoms with E-state index in [-0.39, 0.29) is 14.9 Å². The van der Waals surface area contributed by atoms with Crippen molar-refractivity contribution in [1.82, 2.24) is 0 Å². The molecule has 0 amide bonds. The monoisotopic (exact) mass is 324 g/mol. The summed E-state index contributed by atoms with van der Waals surface area (Å²) in [5, 5.41) is 0.